The molecule has 0 unspecified atom stereocenters. The van der Waals surface area contributed by atoms with E-state index < -0.39 is 0 Å². The zero-order valence-corrected chi connectivity index (χ0v) is 17.3. The van der Waals surface area contributed by atoms with E-state index in [0.29, 0.717) is 29.5 Å². The van der Waals surface area contributed by atoms with Crippen molar-refractivity contribution >= 4 is 28.3 Å². The average Bonchev–Trinajstić information content (AvgIpc) is 2.72. The van der Waals surface area contributed by atoms with Gasteiger partial charge in [0, 0.05) is 23.2 Å². The Bertz CT molecular complexity index is 1260. The second kappa shape index (κ2) is 7.91. The molecule has 2 aromatic heterocycles. The van der Waals surface area contributed by atoms with Crippen LogP contribution in [-0.4, -0.2) is 20.7 Å². The maximum absolute atomic E-state index is 8.02. The van der Waals surface area contributed by atoms with Crippen LogP contribution in [0.5, 0.6) is 0 Å². The molecular weight excluding hydrogens is 372 g/mol. The van der Waals surface area contributed by atoms with Gasteiger partial charge in [0.05, 0.1) is 16.8 Å². The molecule has 0 radical (unpaired) electrons. The fourth-order valence-corrected chi connectivity index (χ4v) is 3.68. The number of nitrogens with one attached hydrogen (secondary N) is 2. The van der Waals surface area contributed by atoms with Crippen LogP contribution < -0.4 is 11.1 Å². The first kappa shape index (κ1) is 19.5. The largest absolute Gasteiger partial charge is 0.383 e. The first-order valence-electron chi connectivity index (χ1n) is 9.81. The predicted molar refractivity (Wildman–Crippen MR) is 123 cm³/mol. The molecule has 6 nitrogen and oxygen atoms in total. The van der Waals surface area contributed by atoms with Crippen LogP contribution in [0.2, 0.25) is 0 Å². The number of nitrogen functional groups attached to an aromatic ring is 1. The lowest BCUT2D eigenvalue weighted by atomic mass is 9.98. The number of para-hydroxylation sites is 1. The molecule has 0 amide bonds. The second-order valence-corrected chi connectivity index (χ2v) is 7.42. The van der Waals surface area contributed by atoms with Crippen LogP contribution in [0.3, 0.4) is 0 Å². The standard InChI is InChI=1S/C24H24N6/c1-14-7-4-5-10-19(14)22-18(11-17-9-6-8-15(2)21(17)30-22)12-27-24-20(16(3)25)23(26)28-13-29-24/h4-11,13,25H,12H2,1-3H3,(H3,26,27,28,29). The molecule has 0 saturated heterocycles. The van der Waals surface area contributed by atoms with Crippen LogP contribution in [0, 0.1) is 19.3 Å². The van der Waals surface area contributed by atoms with E-state index >= 15 is 0 Å². The summed E-state index contributed by atoms with van der Waals surface area (Å²) in [6.07, 6.45) is 1.41. The molecule has 2 aromatic carbocycles. The van der Waals surface area contributed by atoms with Gasteiger partial charge in [0.1, 0.15) is 18.0 Å². The first-order valence-corrected chi connectivity index (χ1v) is 9.81. The SMILES string of the molecule is CC(=N)c1c(N)ncnc1NCc1cc2cccc(C)c2nc1-c1ccccc1C. The van der Waals surface area contributed by atoms with Crippen molar-refractivity contribution in [3.63, 3.8) is 0 Å². The van der Waals surface area contributed by atoms with Gasteiger partial charge in [0.15, 0.2) is 0 Å². The van der Waals surface area contributed by atoms with Crippen molar-refractivity contribution in [2.45, 2.75) is 27.3 Å². The third-order valence-corrected chi connectivity index (χ3v) is 5.22. The predicted octanol–water partition coefficient (Wildman–Crippen LogP) is 4.89. The number of fused-ring (bicyclic) bond motifs is 1. The molecule has 2 heterocycles. The van der Waals surface area contributed by atoms with E-state index in [0.717, 1.165) is 33.3 Å². The molecule has 6 heteroatoms. The number of aryl methyl sites for hydroxylation is 2. The highest BCUT2D eigenvalue weighted by Gasteiger charge is 2.15. The van der Waals surface area contributed by atoms with Gasteiger partial charge in [0.2, 0.25) is 0 Å². The second-order valence-electron chi connectivity index (χ2n) is 7.42. The van der Waals surface area contributed by atoms with Gasteiger partial charge in [-0.25, -0.2) is 15.0 Å². The number of benzene rings is 2. The number of anilines is 2. The normalized spacial score (nSPS) is 10.9. The monoisotopic (exact) mass is 396 g/mol. The van der Waals surface area contributed by atoms with Gasteiger partial charge in [0.25, 0.3) is 0 Å². The van der Waals surface area contributed by atoms with Gasteiger partial charge in [-0.05, 0) is 43.5 Å². The lowest BCUT2D eigenvalue weighted by molar-refractivity contribution is 1.07. The van der Waals surface area contributed by atoms with E-state index in [4.69, 9.17) is 16.1 Å². The fourth-order valence-electron chi connectivity index (χ4n) is 3.68. The number of pyridine rings is 1. The highest BCUT2D eigenvalue weighted by molar-refractivity contribution is 6.04. The first-order chi connectivity index (χ1) is 14.5. The molecule has 0 aliphatic heterocycles. The highest BCUT2D eigenvalue weighted by Crippen LogP contribution is 2.30. The van der Waals surface area contributed by atoms with Crippen molar-refractivity contribution in [2.24, 2.45) is 0 Å². The molecule has 150 valence electrons. The zero-order valence-electron chi connectivity index (χ0n) is 17.3. The van der Waals surface area contributed by atoms with Gasteiger partial charge in [-0.2, -0.15) is 0 Å². The summed E-state index contributed by atoms with van der Waals surface area (Å²) >= 11 is 0. The summed E-state index contributed by atoms with van der Waals surface area (Å²) in [5.74, 6) is 0.849. The van der Waals surface area contributed by atoms with Gasteiger partial charge in [-0.15, -0.1) is 0 Å². The number of hydrogen-bond acceptors (Lipinski definition) is 6. The number of rotatable bonds is 5. The minimum Gasteiger partial charge on any atom is -0.383 e. The third-order valence-electron chi connectivity index (χ3n) is 5.22. The van der Waals surface area contributed by atoms with E-state index in [1.54, 1.807) is 6.92 Å². The van der Waals surface area contributed by atoms with Crippen molar-refractivity contribution in [2.75, 3.05) is 11.1 Å². The Hall–Kier alpha value is -3.80. The van der Waals surface area contributed by atoms with E-state index in [1.807, 2.05) is 18.2 Å². The van der Waals surface area contributed by atoms with Gasteiger partial charge < -0.3 is 16.5 Å². The molecule has 0 aliphatic rings. The summed E-state index contributed by atoms with van der Waals surface area (Å²) in [4.78, 5) is 13.4. The minimum absolute atomic E-state index is 0.298. The van der Waals surface area contributed by atoms with Crippen LogP contribution in [0.1, 0.15) is 29.2 Å². The minimum atomic E-state index is 0.298. The molecule has 0 saturated carbocycles. The molecule has 4 N–H and O–H groups in total. The molecule has 0 spiro atoms. The molecule has 4 aromatic rings. The smallest absolute Gasteiger partial charge is 0.140 e. The maximum atomic E-state index is 8.02. The Balaban J connectivity index is 1.83. The Morgan fingerprint density at radius 3 is 2.57 bits per heavy atom. The van der Waals surface area contributed by atoms with E-state index in [-0.39, 0.29) is 0 Å². The molecule has 0 bridgehead atoms. The lowest BCUT2D eigenvalue weighted by Gasteiger charge is -2.16. The Kier molecular flexibility index (Phi) is 5.14. The fraction of sp³-hybridized carbons (Fsp3) is 0.167. The van der Waals surface area contributed by atoms with Crippen LogP contribution in [0.25, 0.3) is 22.2 Å². The van der Waals surface area contributed by atoms with Crippen LogP contribution in [0.4, 0.5) is 11.6 Å². The summed E-state index contributed by atoms with van der Waals surface area (Å²) in [7, 11) is 0. The Morgan fingerprint density at radius 2 is 1.80 bits per heavy atom. The number of nitrogens with zero attached hydrogens (tertiary/aromatic N) is 3. The van der Waals surface area contributed by atoms with E-state index in [9.17, 15) is 0 Å². The van der Waals surface area contributed by atoms with Crippen LogP contribution >= 0.6 is 0 Å². The number of nitrogens with two attached hydrogens (primary N) is 1. The molecule has 30 heavy (non-hydrogen) atoms. The topological polar surface area (TPSA) is 101 Å². The Labute approximate surface area is 175 Å². The molecule has 0 atom stereocenters. The highest BCUT2D eigenvalue weighted by atomic mass is 15.0. The van der Waals surface area contributed by atoms with Crippen molar-refractivity contribution in [3.05, 3.63) is 77.1 Å². The third kappa shape index (κ3) is 3.59. The summed E-state index contributed by atoms with van der Waals surface area (Å²) < 4.78 is 0. The van der Waals surface area contributed by atoms with Crippen molar-refractivity contribution in [1.29, 1.82) is 5.41 Å². The lowest BCUT2D eigenvalue weighted by Crippen LogP contribution is -2.12. The van der Waals surface area contributed by atoms with Gasteiger partial charge in [-0.3, -0.25) is 0 Å². The van der Waals surface area contributed by atoms with E-state index in [1.165, 1.54) is 11.9 Å². The molecule has 0 aliphatic carbocycles. The number of hydrogen-bond donors (Lipinski definition) is 3. The van der Waals surface area contributed by atoms with Gasteiger partial charge >= 0.3 is 0 Å². The maximum Gasteiger partial charge on any atom is 0.140 e. The molecular formula is C24H24N6. The van der Waals surface area contributed by atoms with Crippen molar-refractivity contribution in [1.82, 2.24) is 15.0 Å². The van der Waals surface area contributed by atoms with Gasteiger partial charge in [-0.1, -0.05) is 42.5 Å². The summed E-state index contributed by atoms with van der Waals surface area (Å²) in [5, 5.41) is 12.5. The van der Waals surface area contributed by atoms with Crippen molar-refractivity contribution < 1.29 is 0 Å². The van der Waals surface area contributed by atoms with Crippen molar-refractivity contribution in [3.8, 4) is 11.3 Å². The summed E-state index contributed by atoms with van der Waals surface area (Å²) in [6, 6.07) is 16.6. The van der Waals surface area contributed by atoms with Crippen LogP contribution in [0.15, 0.2) is 54.9 Å². The van der Waals surface area contributed by atoms with E-state index in [2.05, 4.69) is 59.5 Å². The molecule has 0 fully saturated rings. The zero-order chi connectivity index (χ0) is 21.3. The summed E-state index contributed by atoms with van der Waals surface area (Å²) in [6.45, 7) is 6.35. The Morgan fingerprint density at radius 1 is 1.03 bits per heavy atom. The van der Waals surface area contributed by atoms with Crippen LogP contribution in [-0.2, 0) is 6.54 Å². The molecule has 4 rings (SSSR count). The number of aromatic nitrogens is 3. The summed E-state index contributed by atoms with van der Waals surface area (Å²) in [5.41, 5.74) is 13.2. The quantitative estimate of drug-likeness (QED) is 0.417. The average molecular weight is 396 g/mol.